The maximum atomic E-state index is 13.0. The van der Waals surface area contributed by atoms with Crippen LogP contribution in [0.4, 0.5) is 0 Å². The number of hydrogen-bond donors (Lipinski definition) is 0. The van der Waals surface area contributed by atoms with Crippen LogP contribution < -0.4 is 10.3 Å². The number of hydrogen-bond acceptors (Lipinski definition) is 4. The van der Waals surface area contributed by atoms with Gasteiger partial charge in [0.15, 0.2) is 0 Å². The smallest absolute Gasteiger partial charge is 0.261 e. The van der Waals surface area contributed by atoms with Crippen molar-refractivity contribution in [2.75, 3.05) is 20.2 Å². The van der Waals surface area contributed by atoms with Crippen LogP contribution in [0.25, 0.3) is 33.4 Å². The second-order valence-corrected chi connectivity index (χ2v) is 10.5. The molecule has 0 bridgehead atoms. The van der Waals surface area contributed by atoms with Gasteiger partial charge in [0.1, 0.15) is 11.6 Å². The largest absolute Gasteiger partial charge is 0.496 e. The SMILES string of the molecule is C1CCC(N2CCCCC2)CC1.COc1ccccc1-c1nc2ccc(-c3ccccc3)cc2c(=O)n1C. The first-order chi connectivity index (χ1) is 18.7. The first kappa shape index (κ1) is 26.2. The quantitative estimate of drug-likeness (QED) is 0.295. The molecule has 0 amide bonds. The van der Waals surface area contributed by atoms with Crippen LogP contribution in [0.5, 0.6) is 5.75 Å². The van der Waals surface area contributed by atoms with E-state index in [1.807, 2.05) is 72.8 Å². The Morgan fingerprint density at radius 1 is 0.789 bits per heavy atom. The molecule has 0 radical (unpaired) electrons. The molecule has 1 saturated heterocycles. The van der Waals surface area contributed by atoms with E-state index in [0.717, 1.165) is 22.7 Å². The van der Waals surface area contributed by atoms with E-state index in [1.54, 1.807) is 18.7 Å². The number of likely N-dealkylation sites (tertiary alicyclic amines) is 1. The molecule has 6 rings (SSSR count). The van der Waals surface area contributed by atoms with E-state index in [1.165, 1.54) is 64.5 Å². The van der Waals surface area contributed by atoms with Crippen molar-refractivity contribution in [3.8, 4) is 28.3 Å². The van der Waals surface area contributed by atoms with Crippen molar-refractivity contribution < 1.29 is 4.74 Å². The van der Waals surface area contributed by atoms with Gasteiger partial charge in [-0.05, 0) is 74.2 Å². The summed E-state index contributed by atoms with van der Waals surface area (Å²) in [7, 11) is 3.36. The van der Waals surface area contributed by atoms with E-state index < -0.39 is 0 Å². The van der Waals surface area contributed by atoms with Crippen LogP contribution in [-0.4, -0.2) is 40.7 Å². The molecule has 2 fully saturated rings. The Morgan fingerprint density at radius 3 is 2.21 bits per heavy atom. The Hall–Kier alpha value is -3.44. The molecule has 2 aliphatic rings. The monoisotopic (exact) mass is 509 g/mol. The molecule has 3 aromatic carbocycles. The summed E-state index contributed by atoms with van der Waals surface area (Å²) in [5, 5.41) is 0.604. The van der Waals surface area contributed by atoms with Gasteiger partial charge in [-0.15, -0.1) is 0 Å². The van der Waals surface area contributed by atoms with Crippen LogP contribution in [0, 0.1) is 0 Å². The zero-order valence-electron chi connectivity index (χ0n) is 22.7. The number of ether oxygens (including phenoxy) is 1. The standard InChI is InChI=1S/C22H18N2O2.C11H21N/c1-24-21(17-10-6-7-11-20(17)26-2)23-19-13-12-16(14-18(19)22(24)25)15-8-4-3-5-9-15;1-3-7-11(8-4-1)12-9-5-2-6-10-12/h3-14H,1-2H3;11H,1-10H2. The molecule has 0 spiro atoms. The molecule has 5 heteroatoms. The summed E-state index contributed by atoms with van der Waals surface area (Å²) in [4.78, 5) is 20.5. The molecule has 5 nitrogen and oxygen atoms in total. The zero-order valence-corrected chi connectivity index (χ0v) is 22.7. The average Bonchev–Trinajstić information content (AvgIpc) is 3.00. The summed E-state index contributed by atoms with van der Waals surface area (Å²) in [5.41, 5.74) is 3.47. The number of nitrogens with zero attached hydrogens (tertiary/aromatic N) is 3. The van der Waals surface area contributed by atoms with Crippen LogP contribution in [0.15, 0.2) is 77.6 Å². The molecule has 0 N–H and O–H groups in total. The number of rotatable bonds is 4. The highest BCUT2D eigenvalue weighted by Gasteiger charge is 2.22. The summed E-state index contributed by atoms with van der Waals surface area (Å²) >= 11 is 0. The third kappa shape index (κ3) is 5.83. The Labute approximate surface area is 226 Å². The first-order valence-corrected chi connectivity index (χ1v) is 14.1. The first-order valence-electron chi connectivity index (χ1n) is 14.1. The minimum atomic E-state index is -0.0753. The molecular formula is C33H39N3O2. The highest BCUT2D eigenvalue weighted by Crippen LogP contribution is 2.29. The second kappa shape index (κ2) is 12.4. The van der Waals surface area contributed by atoms with Crippen molar-refractivity contribution in [1.82, 2.24) is 14.5 Å². The minimum Gasteiger partial charge on any atom is -0.496 e. The Morgan fingerprint density at radius 2 is 1.47 bits per heavy atom. The molecule has 1 aliphatic heterocycles. The number of methoxy groups -OCH3 is 1. The van der Waals surface area contributed by atoms with E-state index in [4.69, 9.17) is 9.72 Å². The lowest BCUT2D eigenvalue weighted by Crippen LogP contribution is -2.40. The lowest BCUT2D eigenvalue weighted by molar-refractivity contribution is 0.131. The van der Waals surface area contributed by atoms with E-state index in [-0.39, 0.29) is 5.56 Å². The van der Waals surface area contributed by atoms with Gasteiger partial charge in [0.2, 0.25) is 0 Å². The van der Waals surface area contributed by atoms with Crippen LogP contribution in [-0.2, 0) is 7.05 Å². The van der Waals surface area contributed by atoms with Gasteiger partial charge in [0.25, 0.3) is 5.56 Å². The second-order valence-electron chi connectivity index (χ2n) is 10.5. The molecular weight excluding hydrogens is 470 g/mol. The van der Waals surface area contributed by atoms with Crippen molar-refractivity contribution in [3.05, 3.63) is 83.2 Å². The summed E-state index contributed by atoms with van der Waals surface area (Å²) in [5.74, 6) is 1.28. The molecule has 0 unspecified atom stereocenters. The van der Waals surface area contributed by atoms with Gasteiger partial charge in [-0.3, -0.25) is 9.36 Å². The van der Waals surface area contributed by atoms with Crippen molar-refractivity contribution in [2.24, 2.45) is 7.05 Å². The highest BCUT2D eigenvalue weighted by molar-refractivity contribution is 5.85. The lowest BCUT2D eigenvalue weighted by Gasteiger charge is -2.36. The Kier molecular flexibility index (Phi) is 8.54. The Bertz CT molecular complexity index is 1390. The molecule has 4 aromatic rings. The normalized spacial score (nSPS) is 16.6. The summed E-state index contributed by atoms with van der Waals surface area (Å²) in [6.45, 7) is 2.79. The molecule has 198 valence electrons. The van der Waals surface area contributed by atoms with Crippen LogP contribution in [0.3, 0.4) is 0 Å². The van der Waals surface area contributed by atoms with Crippen molar-refractivity contribution in [2.45, 2.75) is 57.4 Å². The molecule has 38 heavy (non-hydrogen) atoms. The van der Waals surface area contributed by atoms with E-state index in [0.29, 0.717) is 22.5 Å². The highest BCUT2D eigenvalue weighted by atomic mass is 16.5. The number of aromatic nitrogens is 2. The van der Waals surface area contributed by atoms with Gasteiger partial charge in [-0.25, -0.2) is 4.98 Å². The molecule has 1 aromatic heterocycles. The predicted molar refractivity (Wildman–Crippen MR) is 157 cm³/mol. The molecule has 2 heterocycles. The van der Waals surface area contributed by atoms with E-state index in [9.17, 15) is 4.79 Å². The van der Waals surface area contributed by atoms with Crippen molar-refractivity contribution in [1.29, 1.82) is 0 Å². The fourth-order valence-corrected chi connectivity index (χ4v) is 5.88. The topological polar surface area (TPSA) is 47.4 Å². The molecule has 0 atom stereocenters. The third-order valence-electron chi connectivity index (χ3n) is 8.01. The van der Waals surface area contributed by atoms with Crippen LogP contribution in [0.1, 0.15) is 51.4 Å². The number of para-hydroxylation sites is 1. The van der Waals surface area contributed by atoms with E-state index in [2.05, 4.69) is 4.90 Å². The maximum Gasteiger partial charge on any atom is 0.261 e. The van der Waals surface area contributed by atoms with E-state index >= 15 is 0 Å². The molecule has 1 aliphatic carbocycles. The zero-order chi connectivity index (χ0) is 26.3. The lowest BCUT2D eigenvalue weighted by atomic mass is 9.93. The van der Waals surface area contributed by atoms with Gasteiger partial charge in [-0.2, -0.15) is 0 Å². The van der Waals surface area contributed by atoms with Crippen LogP contribution in [0.2, 0.25) is 0 Å². The summed E-state index contributed by atoms with van der Waals surface area (Å²) in [6.07, 6.45) is 11.8. The van der Waals surface area contributed by atoms with Crippen molar-refractivity contribution in [3.63, 3.8) is 0 Å². The van der Waals surface area contributed by atoms with Gasteiger partial charge >= 0.3 is 0 Å². The van der Waals surface area contributed by atoms with Crippen molar-refractivity contribution >= 4 is 10.9 Å². The number of piperidine rings is 1. The van der Waals surface area contributed by atoms with Gasteiger partial charge in [0, 0.05) is 13.1 Å². The maximum absolute atomic E-state index is 13.0. The van der Waals surface area contributed by atoms with Gasteiger partial charge < -0.3 is 9.64 Å². The molecule has 1 saturated carbocycles. The van der Waals surface area contributed by atoms with Gasteiger partial charge in [-0.1, -0.05) is 74.2 Å². The summed E-state index contributed by atoms with van der Waals surface area (Å²) in [6, 6.07) is 24.4. The van der Waals surface area contributed by atoms with Gasteiger partial charge in [0.05, 0.1) is 23.6 Å². The predicted octanol–water partition coefficient (Wildman–Crippen LogP) is 7.08. The third-order valence-corrected chi connectivity index (χ3v) is 8.01. The average molecular weight is 510 g/mol. The fourth-order valence-electron chi connectivity index (χ4n) is 5.88. The number of fused-ring (bicyclic) bond motifs is 1. The number of benzene rings is 3. The van der Waals surface area contributed by atoms with Crippen LogP contribution >= 0.6 is 0 Å². The Balaban J connectivity index is 0.000000204. The minimum absolute atomic E-state index is 0.0753. The fraction of sp³-hybridized carbons (Fsp3) is 0.394. The summed E-state index contributed by atoms with van der Waals surface area (Å²) < 4.78 is 7.01.